The average molecular weight is 273 g/mol. The van der Waals surface area contributed by atoms with Crippen molar-refractivity contribution in [2.24, 2.45) is 0 Å². The normalized spacial score (nSPS) is 22.6. The fraction of sp³-hybridized carbons (Fsp3) is 0.500. The van der Waals surface area contributed by atoms with Crippen molar-refractivity contribution in [1.82, 2.24) is 15.3 Å². The van der Waals surface area contributed by atoms with Gasteiger partial charge in [0.2, 0.25) is 5.91 Å². The molecule has 6 nitrogen and oxygen atoms in total. The first-order valence-corrected chi connectivity index (χ1v) is 5.69. The molecule has 0 bridgehead atoms. The van der Waals surface area contributed by atoms with Gasteiger partial charge in [-0.25, -0.2) is 9.97 Å². The molecule has 0 spiro atoms. The molecule has 0 saturated carbocycles. The van der Waals surface area contributed by atoms with E-state index in [0.717, 1.165) is 0 Å². The molecule has 102 valence electrons. The molecule has 1 atom stereocenters. The predicted octanol–water partition coefficient (Wildman–Crippen LogP) is 0.226. The summed E-state index contributed by atoms with van der Waals surface area (Å²) < 4.78 is 37.9. The standard InChI is InChI=1S/C10H10F3N5O/c11-10(12,13)6-4-15-7-8(16-6)18-2-1-14-3-5(18)9(19)17-7/h4-5,14H,1-3H2,(H,15,17,19). The van der Waals surface area contributed by atoms with E-state index in [2.05, 4.69) is 20.6 Å². The Morgan fingerprint density at radius 1 is 1.42 bits per heavy atom. The summed E-state index contributed by atoms with van der Waals surface area (Å²) in [5.74, 6) is -0.120. The number of halogens is 3. The fourth-order valence-electron chi connectivity index (χ4n) is 2.20. The zero-order chi connectivity index (χ0) is 13.6. The van der Waals surface area contributed by atoms with E-state index in [9.17, 15) is 18.0 Å². The number of hydrogen-bond donors (Lipinski definition) is 2. The van der Waals surface area contributed by atoms with Crippen molar-refractivity contribution in [2.45, 2.75) is 12.2 Å². The van der Waals surface area contributed by atoms with Gasteiger partial charge in [0.25, 0.3) is 0 Å². The van der Waals surface area contributed by atoms with Crippen molar-refractivity contribution >= 4 is 17.5 Å². The fourth-order valence-corrected chi connectivity index (χ4v) is 2.20. The first-order chi connectivity index (χ1) is 8.97. The molecule has 9 heteroatoms. The van der Waals surface area contributed by atoms with E-state index in [-0.39, 0.29) is 17.5 Å². The van der Waals surface area contributed by atoms with E-state index in [0.29, 0.717) is 25.8 Å². The Hall–Kier alpha value is -1.90. The summed E-state index contributed by atoms with van der Waals surface area (Å²) in [6, 6.07) is -0.543. The molecule has 1 amide bonds. The van der Waals surface area contributed by atoms with Crippen LogP contribution in [0.25, 0.3) is 0 Å². The van der Waals surface area contributed by atoms with Gasteiger partial charge in [0.15, 0.2) is 17.3 Å². The maximum absolute atomic E-state index is 12.6. The van der Waals surface area contributed by atoms with Crippen LogP contribution in [0.1, 0.15) is 5.69 Å². The van der Waals surface area contributed by atoms with Gasteiger partial charge in [-0.1, -0.05) is 0 Å². The molecule has 19 heavy (non-hydrogen) atoms. The zero-order valence-electron chi connectivity index (χ0n) is 9.66. The van der Waals surface area contributed by atoms with E-state index >= 15 is 0 Å². The molecule has 3 rings (SSSR count). The number of nitrogens with zero attached hydrogens (tertiary/aromatic N) is 3. The summed E-state index contributed by atoms with van der Waals surface area (Å²) in [7, 11) is 0. The van der Waals surface area contributed by atoms with Crippen LogP contribution in [0.4, 0.5) is 24.8 Å². The minimum Gasteiger partial charge on any atom is -0.339 e. The quantitative estimate of drug-likeness (QED) is 0.708. The number of alkyl halides is 3. The molecular weight excluding hydrogens is 263 g/mol. The van der Waals surface area contributed by atoms with Crippen LogP contribution in [0.5, 0.6) is 0 Å². The van der Waals surface area contributed by atoms with Gasteiger partial charge in [-0.15, -0.1) is 0 Å². The third kappa shape index (κ3) is 1.99. The van der Waals surface area contributed by atoms with Crippen LogP contribution in [-0.4, -0.2) is 41.6 Å². The van der Waals surface area contributed by atoms with Crippen LogP contribution in [-0.2, 0) is 11.0 Å². The Morgan fingerprint density at radius 2 is 2.21 bits per heavy atom. The number of piperazine rings is 1. The third-order valence-electron chi connectivity index (χ3n) is 3.10. The number of rotatable bonds is 0. The highest BCUT2D eigenvalue weighted by Crippen LogP contribution is 2.33. The number of carbonyl (C=O) groups excluding carboxylic acids is 1. The maximum atomic E-state index is 12.6. The third-order valence-corrected chi connectivity index (χ3v) is 3.10. The molecule has 1 aromatic rings. The number of carbonyl (C=O) groups is 1. The lowest BCUT2D eigenvalue weighted by Crippen LogP contribution is -2.59. The van der Waals surface area contributed by atoms with Gasteiger partial charge in [-0.2, -0.15) is 13.2 Å². The summed E-state index contributed by atoms with van der Waals surface area (Å²) in [5.41, 5.74) is -1.06. The van der Waals surface area contributed by atoms with Gasteiger partial charge in [0.05, 0.1) is 6.20 Å². The van der Waals surface area contributed by atoms with Gasteiger partial charge in [0.1, 0.15) is 6.04 Å². The number of hydrogen-bond acceptors (Lipinski definition) is 5. The van der Waals surface area contributed by atoms with Crippen LogP contribution < -0.4 is 15.5 Å². The Morgan fingerprint density at radius 3 is 2.95 bits per heavy atom. The largest absolute Gasteiger partial charge is 0.434 e. The van der Waals surface area contributed by atoms with Crippen LogP contribution in [0.3, 0.4) is 0 Å². The second kappa shape index (κ2) is 4.05. The smallest absolute Gasteiger partial charge is 0.339 e. The topological polar surface area (TPSA) is 70.2 Å². The Labute approximate surface area is 106 Å². The molecular formula is C10H10F3N5O. The Bertz CT molecular complexity index is 532. The second-order valence-corrected chi connectivity index (χ2v) is 4.33. The molecule has 2 aliphatic rings. The second-order valence-electron chi connectivity index (χ2n) is 4.33. The highest BCUT2D eigenvalue weighted by atomic mass is 19.4. The van der Waals surface area contributed by atoms with Crippen molar-refractivity contribution in [3.05, 3.63) is 11.9 Å². The van der Waals surface area contributed by atoms with E-state index < -0.39 is 17.9 Å². The van der Waals surface area contributed by atoms with E-state index in [1.54, 1.807) is 4.90 Å². The lowest BCUT2D eigenvalue weighted by atomic mass is 10.1. The summed E-state index contributed by atoms with van der Waals surface area (Å²) in [5, 5.41) is 5.49. The molecule has 1 saturated heterocycles. The van der Waals surface area contributed by atoms with Gasteiger partial charge in [0, 0.05) is 19.6 Å². The summed E-state index contributed by atoms with van der Waals surface area (Å²) in [4.78, 5) is 20.6. The van der Waals surface area contributed by atoms with Crippen molar-refractivity contribution < 1.29 is 18.0 Å². The number of anilines is 2. The Balaban J connectivity index is 2.05. The van der Waals surface area contributed by atoms with Gasteiger partial charge >= 0.3 is 6.18 Å². The SMILES string of the molecule is O=C1Nc2ncc(C(F)(F)F)nc2N2CCNCC12. The molecule has 1 unspecified atom stereocenters. The lowest BCUT2D eigenvalue weighted by molar-refractivity contribution is -0.141. The molecule has 2 aliphatic heterocycles. The predicted molar refractivity (Wildman–Crippen MR) is 59.7 cm³/mol. The summed E-state index contributed by atoms with van der Waals surface area (Å²) in [6.07, 6.45) is -3.92. The molecule has 0 radical (unpaired) electrons. The van der Waals surface area contributed by atoms with Crippen molar-refractivity contribution in [2.75, 3.05) is 29.9 Å². The van der Waals surface area contributed by atoms with Crippen LogP contribution >= 0.6 is 0 Å². The number of nitrogens with one attached hydrogen (secondary N) is 2. The monoisotopic (exact) mass is 273 g/mol. The first-order valence-electron chi connectivity index (χ1n) is 5.69. The minimum atomic E-state index is -4.55. The van der Waals surface area contributed by atoms with Crippen LogP contribution in [0.2, 0.25) is 0 Å². The average Bonchev–Trinajstić information content (AvgIpc) is 2.37. The van der Waals surface area contributed by atoms with E-state index in [1.807, 2.05) is 0 Å². The number of amides is 1. The molecule has 1 aromatic heterocycles. The van der Waals surface area contributed by atoms with Crippen LogP contribution in [0, 0.1) is 0 Å². The first kappa shape index (κ1) is 12.2. The number of aromatic nitrogens is 2. The van der Waals surface area contributed by atoms with Gasteiger partial charge in [-0.05, 0) is 0 Å². The lowest BCUT2D eigenvalue weighted by Gasteiger charge is -2.39. The molecule has 0 aromatic carbocycles. The van der Waals surface area contributed by atoms with Crippen LogP contribution in [0.15, 0.2) is 6.20 Å². The molecule has 3 heterocycles. The van der Waals surface area contributed by atoms with Gasteiger partial charge in [-0.3, -0.25) is 4.79 Å². The Kier molecular flexibility index (Phi) is 2.59. The number of fused-ring (bicyclic) bond motifs is 3. The minimum absolute atomic E-state index is 0.0798. The maximum Gasteiger partial charge on any atom is 0.434 e. The van der Waals surface area contributed by atoms with Crippen molar-refractivity contribution in [3.63, 3.8) is 0 Å². The molecule has 1 fully saturated rings. The van der Waals surface area contributed by atoms with E-state index in [1.165, 1.54) is 0 Å². The van der Waals surface area contributed by atoms with E-state index in [4.69, 9.17) is 0 Å². The summed E-state index contributed by atoms with van der Waals surface area (Å²) in [6.45, 7) is 1.38. The van der Waals surface area contributed by atoms with Gasteiger partial charge < -0.3 is 15.5 Å². The molecule has 0 aliphatic carbocycles. The highest BCUT2D eigenvalue weighted by Gasteiger charge is 2.39. The van der Waals surface area contributed by atoms with Crippen molar-refractivity contribution in [3.8, 4) is 0 Å². The molecule has 2 N–H and O–H groups in total. The highest BCUT2D eigenvalue weighted by molar-refractivity contribution is 6.02. The van der Waals surface area contributed by atoms with Crippen molar-refractivity contribution in [1.29, 1.82) is 0 Å². The summed E-state index contributed by atoms with van der Waals surface area (Å²) >= 11 is 0. The zero-order valence-corrected chi connectivity index (χ0v) is 9.66.